The molecule has 126 valence electrons. The van der Waals surface area contributed by atoms with E-state index in [9.17, 15) is 4.79 Å². The van der Waals surface area contributed by atoms with Crippen LogP contribution >= 0.6 is 0 Å². The molecule has 0 bridgehead atoms. The number of carbonyl (C=O) groups is 1. The lowest BCUT2D eigenvalue weighted by Gasteiger charge is -2.32. The van der Waals surface area contributed by atoms with Crippen molar-refractivity contribution in [1.82, 2.24) is 20.1 Å². The first kappa shape index (κ1) is 16.1. The summed E-state index contributed by atoms with van der Waals surface area (Å²) >= 11 is 0. The Morgan fingerprint density at radius 1 is 1.08 bits per heavy atom. The lowest BCUT2D eigenvalue weighted by molar-refractivity contribution is -0.114. The van der Waals surface area contributed by atoms with Gasteiger partial charge < -0.3 is 20.4 Å². The van der Waals surface area contributed by atoms with Crippen LogP contribution in [0.4, 0.5) is 23.1 Å². The molecule has 3 rings (SSSR count). The van der Waals surface area contributed by atoms with Crippen LogP contribution in [0.15, 0.2) is 30.5 Å². The van der Waals surface area contributed by atoms with Gasteiger partial charge in [0.25, 0.3) is 0 Å². The minimum atomic E-state index is -0.0943. The molecule has 1 saturated heterocycles. The number of nitrogens with zero attached hydrogens (tertiary/aromatic N) is 5. The summed E-state index contributed by atoms with van der Waals surface area (Å²) in [5, 5.41) is 13.9. The van der Waals surface area contributed by atoms with Crippen molar-refractivity contribution in [2.75, 3.05) is 48.8 Å². The summed E-state index contributed by atoms with van der Waals surface area (Å²) in [6.45, 7) is 5.37. The quantitative estimate of drug-likeness (QED) is 0.876. The molecule has 24 heavy (non-hydrogen) atoms. The van der Waals surface area contributed by atoms with E-state index in [1.807, 2.05) is 24.3 Å². The van der Waals surface area contributed by atoms with Gasteiger partial charge in [-0.2, -0.15) is 10.1 Å². The molecule has 0 saturated carbocycles. The number of benzene rings is 1. The van der Waals surface area contributed by atoms with Gasteiger partial charge in [-0.25, -0.2) is 0 Å². The number of nitrogens with one attached hydrogen (secondary N) is 2. The van der Waals surface area contributed by atoms with Gasteiger partial charge in [0, 0.05) is 44.5 Å². The Kier molecular flexibility index (Phi) is 4.85. The molecule has 0 spiro atoms. The first-order valence-electron chi connectivity index (χ1n) is 7.88. The molecule has 1 aliphatic rings. The predicted octanol–water partition coefficient (Wildman–Crippen LogP) is 1.33. The minimum Gasteiger partial charge on any atom is -0.353 e. The number of hydrogen-bond donors (Lipinski definition) is 2. The summed E-state index contributed by atoms with van der Waals surface area (Å²) in [5.41, 5.74) is 1.58. The van der Waals surface area contributed by atoms with Crippen molar-refractivity contribution in [3.8, 4) is 0 Å². The van der Waals surface area contributed by atoms with E-state index in [2.05, 4.69) is 42.7 Å². The molecule has 0 aliphatic carbocycles. The average Bonchev–Trinajstić information content (AvgIpc) is 2.57. The molecule has 1 aromatic heterocycles. The van der Waals surface area contributed by atoms with Crippen LogP contribution in [0.25, 0.3) is 0 Å². The van der Waals surface area contributed by atoms with Gasteiger partial charge in [0.15, 0.2) is 5.82 Å². The Bertz CT molecular complexity index is 696. The second kappa shape index (κ2) is 7.22. The normalized spacial score (nSPS) is 15.2. The number of aromatic nitrogens is 3. The van der Waals surface area contributed by atoms with Crippen molar-refractivity contribution < 1.29 is 4.79 Å². The lowest BCUT2D eigenvalue weighted by Crippen LogP contribution is -2.44. The molecular weight excluding hydrogens is 306 g/mol. The van der Waals surface area contributed by atoms with Gasteiger partial charge in [-0.3, -0.25) is 4.79 Å². The smallest absolute Gasteiger partial charge is 0.249 e. The molecular formula is C16H21N7O. The third-order valence-corrected chi connectivity index (χ3v) is 3.83. The molecule has 1 aromatic carbocycles. The lowest BCUT2D eigenvalue weighted by atomic mass is 10.3. The van der Waals surface area contributed by atoms with Crippen molar-refractivity contribution in [1.29, 1.82) is 0 Å². The number of rotatable bonds is 4. The Labute approximate surface area is 140 Å². The van der Waals surface area contributed by atoms with Crippen LogP contribution in [0.2, 0.25) is 0 Å². The van der Waals surface area contributed by atoms with E-state index in [1.165, 1.54) is 6.92 Å². The topological polar surface area (TPSA) is 86.3 Å². The van der Waals surface area contributed by atoms with Crippen LogP contribution in [0.1, 0.15) is 6.92 Å². The fraction of sp³-hybridized carbons (Fsp3) is 0.375. The average molecular weight is 327 g/mol. The second-order valence-electron chi connectivity index (χ2n) is 5.81. The van der Waals surface area contributed by atoms with Crippen LogP contribution in [0.5, 0.6) is 0 Å². The van der Waals surface area contributed by atoms with Crippen LogP contribution in [-0.2, 0) is 4.79 Å². The van der Waals surface area contributed by atoms with Crippen LogP contribution < -0.4 is 15.5 Å². The van der Waals surface area contributed by atoms with Crippen molar-refractivity contribution in [2.24, 2.45) is 0 Å². The van der Waals surface area contributed by atoms with Crippen molar-refractivity contribution in [2.45, 2.75) is 6.92 Å². The Morgan fingerprint density at radius 2 is 1.75 bits per heavy atom. The summed E-state index contributed by atoms with van der Waals surface area (Å²) in [6, 6.07) is 7.36. The van der Waals surface area contributed by atoms with E-state index in [-0.39, 0.29) is 5.91 Å². The highest BCUT2D eigenvalue weighted by molar-refractivity contribution is 5.88. The molecule has 0 atom stereocenters. The monoisotopic (exact) mass is 327 g/mol. The van der Waals surface area contributed by atoms with Gasteiger partial charge in [-0.15, -0.1) is 5.10 Å². The molecule has 0 unspecified atom stereocenters. The van der Waals surface area contributed by atoms with Crippen molar-refractivity contribution in [3.05, 3.63) is 30.5 Å². The van der Waals surface area contributed by atoms with Crippen molar-refractivity contribution >= 4 is 29.0 Å². The molecule has 8 heteroatoms. The first-order chi connectivity index (χ1) is 11.6. The first-order valence-corrected chi connectivity index (χ1v) is 7.88. The standard InChI is InChI=1S/C16H21N7O/c1-12(24)18-13-3-5-14(6-4-13)19-16-20-15(11-17-21-16)23-9-7-22(2)8-10-23/h3-6,11H,7-10H2,1-2H3,(H,18,24)(H,19,20,21). The fourth-order valence-electron chi connectivity index (χ4n) is 2.51. The number of likely N-dealkylation sites (N-methyl/N-ethyl adjacent to an activating group) is 1. The van der Waals surface area contributed by atoms with Crippen LogP contribution in [-0.4, -0.2) is 59.2 Å². The van der Waals surface area contributed by atoms with Gasteiger partial charge in [0.05, 0.1) is 6.20 Å². The molecule has 2 aromatic rings. The zero-order valence-corrected chi connectivity index (χ0v) is 13.9. The zero-order valence-electron chi connectivity index (χ0n) is 13.9. The van der Waals surface area contributed by atoms with Crippen LogP contribution in [0.3, 0.4) is 0 Å². The number of piperazine rings is 1. The molecule has 1 fully saturated rings. The van der Waals surface area contributed by atoms with Gasteiger partial charge in [-0.05, 0) is 31.3 Å². The third kappa shape index (κ3) is 4.17. The number of amides is 1. The highest BCUT2D eigenvalue weighted by Crippen LogP contribution is 2.18. The summed E-state index contributed by atoms with van der Waals surface area (Å²) in [6.07, 6.45) is 1.69. The second-order valence-corrected chi connectivity index (χ2v) is 5.81. The van der Waals surface area contributed by atoms with E-state index in [0.717, 1.165) is 43.4 Å². The minimum absolute atomic E-state index is 0.0943. The summed E-state index contributed by atoms with van der Waals surface area (Å²) in [4.78, 5) is 20.1. The van der Waals surface area contributed by atoms with E-state index in [0.29, 0.717) is 5.95 Å². The Balaban J connectivity index is 1.67. The fourth-order valence-corrected chi connectivity index (χ4v) is 2.51. The summed E-state index contributed by atoms with van der Waals surface area (Å²) in [7, 11) is 2.12. The van der Waals surface area contributed by atoms with Gasteiger partial charge in [-0.1, -0.05) is 0 Å². The largest absolute Gasteiger partial charge is 0.353 e. The SMILES string of the molecule is CC(=O)Nc1ccc(Nc2nncc(N3CCN(C)CC3)n2)cc1. The third-order valence-electron chi connectivity index (χ3n) is 3.83. The summed E-state index contributed by atoms with van der Waals surface area (Å²) in [5.74, 6) is 1.19. The maximum atomic E-state index is 11.0. The number of carbonyl (C=O) groups excluding carboxylic acids is 1. The van der Waals surface area contributed by atoms with Gasteiger partial charge in [0.1, 0.15) is 0 Å². The highest BCUT2D eigenvalue weighted by Gasteiger charge is 2.16. The molecule has 1 aliphatic heterocycles. The molecule has 8 nitrogen and oxygen atoms in total. The zero-order chi connectivity index (χ0) is 16.9. The Morgan fingerprint density at radius 3 is 2.42 bits per heavy atom. The van der Waals surface area contributed by atoms with Gasteiger partial charge in [0.2, 0.25) is 11.9 Å². The maximum Gasteiger partial charge on any atom is 0.249 e. The molecule has 1 amide bonds. The van der Waals surface area contributed by atoms with E-state index >= 15 is 0 Å². The molecule has 0 radical (unpaired) electrons. The van der Waals surface area contributed by atoms with E-state index < -0.39 is 0 Å². The molecule has 2 N–H and O–H groups in total. The maximum absolute atomic E-state index is 11.0. The number of hydrogen-bond acceptors (Lipinski definition) is 7. The van der Waals surface area contributed by atoms with E-state index in [4.69, 9.17) is 0 Å². The predicted molar refractivity (Wildman–Crippen MR) is 93.6 cm³/mol. The Hall–Kier alpha value is -2.74. The van der Waals surface area contributed by atoms with Crippen LogP contribution in [0, 0.1) is 0 Å². The van der Waals surface area contributed by atoms with Crippen molar-refractivity contribution in [3.63, 3.8) is 0 Å². The van der Waals surface area contributed by atoms with E-state index in [1.54, 1.807) is 6.20 Å². The summed E-state index contributed by atoms with van der Waals surface area (Å²) < 4.78 is 0. The highest BCUT2D eigenvalue weighted by atomic mass is 16.1. The number of anilines is 4. The van der Waals surface area contributed by atoms with Gasteiger partial charge >= 0.3 is 0 Å². The molecule has 2 heterocycles.